The highest BCUT2D eigenvalue weighted by molar-refractivity contribution is 6.48. The molecule has 2 heterocycles. The molecular formula is C9H9BN2O2. The van der Waals surface area contributed by atoms with Gasteiger partial charge in [-0.25, -0.2) is 4.98 Å². The van der Waals surface area contributed by atoms with Crippen LogP contribution in [-0.4, -0.2) is 27.8 Å². The predicted molar refractivity (Wildman–Crippen MR) is 54.4 cm³/mol. The highest BCUT2D eigenvalue weighted by Gasteiger charge is 2.14. The summed E-state index contributed by atoms with van der Waals surface area (Å²) in [4.78, 5) is 14.8. The molecule has 0 aliphatic carbocycles. The third kappa shape index (κ3) is 1.22. The monoisotopic (exact) mass is 188 g/mol. The van der Waals surface area contributed by atoms with Crippen molar-refractivity contribution in [2.45, 2.75) is 6.82 Å². The lowest BCUT2D eigenvalue weighted by atomic mass is 9.88. The number of carbonyl (C=O) groups is 1. The van der Waals surface area contributed by atoms with E-state index in [1.807, 2.05) is 6.07 Å². The third-order valence-electron chi connectivity index (χ3n) is 2.15. The minimum absolute atomic E-state index is 0.550. The number of hydrogen-bond donors (Lipinski definition) is 1. The Morgan fingerprint density at radius 3 is 3.07 bits per heavy atom. The first-order valence-corrected chi connectivity index (χ1v) is 4.33. The molecule has 0 radical (unpaired) electrons. The molecule has 4 nitrogen and oxygen atoms in total. The van der Waals surface area contributed by atoms with E-state index in [1.165, 1.54) is 0 Å². The molecule has 0 aliphatic rings. The van der Waals surface area contributed by atoms with Crippen molar-refractivity contribution in [3.63, 3.8) is 0 Å². The molecule has 5 heteroatoms. The summed E-state index contributed by atoms with van der Waals surface area (Å²) < 4.78 is 1.57. The molecule has 0 aliphatic heterocycles. The van der Waals surface area contributed by atoms with Crippen molar-refractivity contribution in [2.75, 3.05) is 0 Å². The summed E-state index contributed by atoms with van der Waals surface area (Å²) in [7, 11) is -0.680. The summed E-state index contributed by atoms with van der Waals surface area (Å²) in [5, 5.41) is 10.2. The Balaban J connectivity index is 2.79. The van der Waals surface area contributed by atoms with Gasteiger partial charge < -0.3 is 9.50 Å². The molecule has 2 aromatic rings. The molecule has 0 amide bonds. The molecule has 2 rings (SSSR count). The molecule has 0 atom stereocenters. The second-order valence-electron chi connectivity index (χ2n) is 3.12. The maximum atomic E-state index is 10.7. The number of carbonyl (C=O) groups excluding carboxylic acids is 1. The zero-order valence-electron chi connectivity index (χ0n) is 7.71. The van der Waals surface area contributed by atoms with Crippen LogP contribution in [-0.2, 0) is 0 Å². The topological polar surface area (TPSA) is 55.1 Å². The maximum Gasteiger partial charge on any atom is 0.414 e. The summed E-state index contributed by atoms with van der Waals surface area (Å²) in [6, 6.07) is 3.58. The van der Waals surface area contributed by atoms with Gasteiger partial charge in [-0.15, -0.1) is 0 Å². The average Bonchev–Trinajstić information content (AvgIpc) is 2.56. The molecule has 0 spiro atoms. The van der Waals surface area contributed by atoms with Crippen LogP contribution < -0.4 is 0 Å². The lowest BCUT2D eigenvalue weighted by Crippen LogP contribution is -2.18. The van der Waals surface area contributed by atoms with E-state index in [0.29, 0.717) is 11.2 Å². The number of nitrogens with zero attached hydrogens (tertiary/aromatic N) is 2. The van der Waals surface area contributed by atoms with Gasteiger partial charge in [-0.3, -0.25) is 4.79 Å². The van der Waals surface area contributed by atoms with Gasteiger partial charge in [0.15, 0.2) is 6.29 Å². The van der Waals surface area contributed by atoms with Gasteiger partial charge in [0, 0.05) is 23.3 Å². The van der Waals surface area contributed by atoms with Crippen molar-refractivity contribution >= 4 is 24.4 Å². The van der Waals surface area contributed by atoms with E-state index < -0.39 is 7.05 Å². The number of rotatable bonds is 2. The molecule has 1 N–H and O–H groups in total. The van der Waals surface area contributed by atoms with Crippen molar-refractivity contribution < 1.29 is 9.82 Å². The third-order valence-corrected chi connectivity index (χ3v) is 2.15. The Morgan fingerprint density at radius 1 is 1.64 bits per heavy atom. The van der Waals surface area contributed by atoms with E-state index in [0.717, 1.165) is 11.7 Å². The summed E-state index contributed by atoms with van der Waals surface area (Å²) in [6.07, 6.45) is 4.01. The van der Waals surface area contributed by atoms with Gasteiger partial charge in [-0.2, -0.15) is 0 Å². The fourth-order valence-corrected chi connectivity index (χ4v) is 1.49. The summed E-state index contributed by atoms with van der Waals surface area (Å²) in [6.45, 7) is 1.63. The van der Waals surface area contributed by atoms with Gasteiger partial charge in [0.05, 0.1) is 0 Å². The molecule has 0 aromatic carbocycles. The van der Waals surface area contributed by atoms with Crippen LogP contribution >= 0.6 is 0 Å². The fourth-order valence-electron chi connectivity index (χ4n) is 1.49. The molecule has 0 bridgehead atoms. The maximum absolute atomic E-state index is 10.7. The van der Waals surface area contributed by atoms with Crippen LogP contribution in [0.5, 0.6) is 0 Å². The van der Waals surface area contributed by atoms with Crippen LogP contribution in [0.25, 0.3) is 11.0 Å². The van der Waals surface area contributed by atoms with Crippen LogP contribution in [0.3, 0.4) is 0 Å². The molecule has 14 heavy (non-hydrogen) atoms. The first-order chi connectivity index (χ1) is 6.74. The van der Waals surface area contributed by atoms with Crippen molar-refractivity contribution in [3.8, 4) is 0 Å². The summed E-state index contributed by atoms with van der Waals surface area (Å²) in [5.41, 5.74) is 1.18. The second-order valence-corrected chi connectivity index (χ2v) is 3.12. The number of hydrogen-bond acceptors (Lipinski definition) is 3. The van der Waals surface area contributed by atoms with Crippen LogP contribution in [0.1, 0.15) is 10.4 Å². The Hall–Kier alpha value is -1.62. The van der Waals surface area contributed by atoms with E-state index in [1.54, 1.807) is 29.8 Å². The second kappa shape index (κ2) is 3.27. The van der Waals surface area contributed by atoms with Gasteiger partial charge in [-0.05, 0) is 19.0 Å². The van der Waals surface area contributed by atoms with Gasteiger partial charge in [-0.1, -0.05) is 0 Å². The summed E-state index contributed by atoms with van der Waals surface area (Å²) >= 11 is 0. The van der Waals surface area contributed by atoms with Gasteiger partial charge in [0.2, 0.25) is 0 Å². The van der Waals surface area contributed by atoms with E-state index in [4.69, 9.17) is 0 Å². The molecule has 0 unspecified atom stereocenters. The van der Waals surface area contributed by atoms with Crippen molar-refractivity contribution in [1.82, 2.24) is 9.46 Å². The van der Waals surface area contributed by atoms with Crippen LogP contribution in [0.15, 0.2) is 24.5 Å². The first kappa shape index (κ1) is 8.96. The first-order valence-electron chi connectivity index (χ1n) is 4.33. The SMILES string of the molecule is CB(O)n1cc(C=O)c2cccnc21. The lowest BCUT2D eigenvalue weighted by Gasteiger charge is -2.01. The van der Waals surface area contributed by atoms with Gasteiger partial charge in [0.25, 0.3) is 0 Å². The Morgan fingerprint density at radius 2 is 2.43 bits per heavy atom. The lowest BCUT2D eigenvalue weighted by molar-refractivity contribution is 0.112. The summed E-state index contributed by atoms with van der Waals surface area (Å²) in [5.74, 6) is 0. The number of aldehydes is 1. The van der Waals surface area contributed by atoms with Crippen LogP contribution in [0.4, 0.5) is 0 Å². The van der Waals surface area contributed by atoms with E-state index in [-0.39, 0.29) is 0 Å². The van der Waals surface area contributed by atoms with Gasteiger partial charge in [0.1, 0.15) is 5.65 Å². The average molecular weight is 188 g/mol. The van der Waals surface area contributed by atoms with Crippen LogP contribution in [0, 0.1) is 0 Å². The largest absolute Gasteiger partial charge is 0.432 e. The Kier molecular flexibility index (Phi) is 2.09. The number of aromatic nitrogens is 2. The minimum atomic E-state index is -0.680. The van der Waals surface area contributed by atoms with Crippen molar-refractivity contribution in [3.05, 3.63) is 30.1 Å². The highest BCUT2D eigenvalue weighted by Crippen LogP contribution is 2.17. The quantitative estimate of drug-likeness (QED) is 0.560. The van der Waals surface area contributed by atoms with Crippen molar-refractivity contribution in [1.29, 1.82) is 0 Å². The standard InChI is InChI=1S/C9H9BN2O2/c1-10(14)12-5-7(6-13)8-3-2-4-11-9(8)12/h2-6,14H,1H3. The predicted octanol–water partition coefficient (Wildman–Crippen LogP) is 0.807. The van der Waals surface area contributed by atoms with E-state index in [2.05, 4.69) is 4.98 Å². The molecule has 0 saturated heterocycles. The molecular weight excluding hydrogens is 179 g/mol. The molecule has 70 valence electrons. The number of fused-ring (bicyclic) bond motifs is 1. The van der Waals surface area contributed by atoms with Crippen molar-refractivity contribution in [2.24, 2.45) is 0 Å². The highest BCUT2D eigenvalue weighted by atomic mass is 16.2. The molecule has 0 fully saturated rings. The van der Waals surface area contributed by atoms with E-state index in [9.17, 15) is 9.82 Å². The number of pyridine rings is 1. The zero-order chi connectivity index (χ0) is 10.1. The molecule has 2 aromatic heterocycles. The van der Waals surface area contributed by atoms with Crippen LogP contribution in [0.2, 0.25) is 6.82 Å². The smallest absolute Gasteiger partial charge is 0.414 e. The molecule has 0 saturated carbocycles. The van der Waals surface area contributed by atoms with Gasteiger partial charge >= 0.3 is 7.05 Å². The normalized spacial score (nSPS) is 10.4. The Bertz CT molecular complexity index is 479. The van der Waals surface area contributed by atoms with E-state index >= 15 is 0 Å². The zero-order valence-corrected chi connectivity index (χ0v) is 7.71. The minimum Gasteiger partial charge on any atom is -0.432 e. The fraction of sp³-hybridized carbons (Fsp3) is 0.111. The Labute approximate surface area is 81.3 Å².